The van der Waals surface area contributed by atoms with Gasteiger partial charge in [0.15, 0.2) is 0 Å². The van der Waals surface area contributed by atoms with Crippen molar-refractivity contribution in [2.75, 3.05) is 13.7 Å². The highest BCUT2D eigenvalue weighted by molar-refractivity contribution is 4.89. The molecule has 0 aliphatic carbocycles. The van der Waals surface area contributed by atoms with Gasteiger partial charge < -0.3 is 9.84 Å². The van der Waals surface area contributed by atoms with E-state index in [9.17, 15) is 0 Å². The molecule has 0 amide bonds. The molecule has 0 aromatic carbocycles. The third-order valence-electron chi connectivity index (χ3n) is 2.67. The summed E-state index contributed by atoms with van der Waals surface area (Å²) in [5.41, 5.74) is 0.212. The molecular formula is C12H24O2. The predicted octanol–water partition coefficient (Wildman–Crippen LogP) is 2.77. The average Bonchev–Trinajstić information content (AvgIpc) is 2.12. The lowest BCUT2D eigenvalue weighted by Crippen LogP contribution is -2.30. The average molecular weight is 200 g/mol. The Kier molecular flexibility index (Phi) is 6.85. The van der Waals surface area contributed by atoms with Gasteiger partial charge in [-0.05, 0) is 18.3 Å². The monoisotopic (exact) mass is 200 g/mol. The lowest BCUT2D eigenvalue weighted by Gasteiger charge is -2.32. The number of aliphatic hydroxyl groups excluding tert-OH is 1. The van der Waals surface area contributed by atoms with Crippen LogP contribution in [-0.4, -0.2) is 24.9 Å². The molecule has 0 aromatic rings. The predicted molar refractivity (Wildman–Crippen MR) is 60.3 cm³/mol. The Morgan fingerprint density at radius 2 is 2.00 bits per heavy atom. The molecule has 0 bridgehead atoms. The van der Waals surface area contributed by atoms with Crippen LogP contribution < -0.4 is 0 Å². The number of methoxy groups -OCH3 is 1. The maximum absolute atomic E-state index is 8.63. The third-order valence-corrected chi connectivity index (χ3v) is 2.67. The van der Waals surface area contributed by atoms with E-state index in [2.05, 4.69) is 20.8 Å². The van der Waals surface area contributed by atoms with Gasteiger partial charge in [-0.1, -0.05) is 39.3 Å². The van der Waals surface area contributed by atoms with E-state index in [0.29, 0.717) is 0 Å². The minimum Gasteiger partial charge on any atom is -0.392 e. The Morgan fingerprint density at radius 3 is 2.43 bits per heavy atom. The molecule has 0 saturated heterocycles. The third kappa shape index (κ3) is 4.77. The van der Waals surface area contributed by atoms with Gasteiger partial charge in [-0.25, -0.2) is 0 Å². The van der Waals surface area contributed by atoms with Gasteiger partial charge in [0.25, 0.3) is 0 Å². The topological polar surface area (TPSA) is 29.5 Å². The SMILES string of the molecule is CCCC(C)(C)C(CC=CCO)OC. The molecule has 14 heavy (non-hydrogen) atoms. The van der Waals surface area contributed by atoms with E-state index in [1.165, 1.54) is 12.8 Å². The van der Waals surface area contributed by atoms with E-state index in [-0.39, 0.29) is 18.1 Å². The van der Waals surface area contributed by atoms with Gasteiger partial charge in [0.2, 0.25) is 0 Å². The molecule has 1 N–H and O–H groups in total. The summed E-state index contributed by atoms with van der Waals surface area (Å²) in [5.74, 6) is 0. The summed E-state index contributed by atoms with van der Waals surface area (Å²) in [6.07, 6.45) is 7.23. The molecular weight excluding hydrogens is 176 g/mol. The summed E-state index contributed by atoms with van der Waals surface area (Å²) in [6.45, 7) is 6.78. The summed E-state index contributed by atoms with van der Waals surface area (Å²) >= 11 is 0. The van der Waals surface area contributed by atoms with Crippen molar-refractivity contribution in [2.24, 2.45) is 5.41 Å². The van der Waals surface area contributed by atoms with E-state index in [1.807, 2.05) is 6.08 Å². The zero-order chi connectivity index (χ0) is 11.0. The van der Waals surface area contributed by atoms with E-state index in [4.69, 9.17) is 9.84 Å². The van der Waals surface area contributed by atoms with Crippen LogP contribution in [0.25, 0.3) is 0 Å². The number of hydrogen-bond acceptors (Lipinski definition) is 2. The van der Waals surface area contributed by atoms with Crippen LogP contribution in [0.15, 0.2) is 12.2 Å². The lowest BCUT2D eigenvalue weighted by atomic mass is 9.80. The van der Waals surface area contributed by atoms with Crippen molar-refractivity contribution >= 4 is 0 Å². The molecule has 0 aliphatic rings. The Balaban J connectivity index is 4.16. The Hall–Kier alpha value is -0.340. The van der Waals surface area contributed by atoms with E-state index in [0.717, 1.165) is 6.42 Å². The molecule has 0 spiro atoms. The summed E-state index contributed by atoms with van der Waals surface area (Å²) in [7, 11) is 1.76. The number of ether oxygens (including phenoxy) is 1. The van der Waals surface area contributed by atoms with E-state index >= 15 is 0 Å². The van der Waals surface area contributed by atoms with Crippen molar-refractivity contribution in [1.82, 2.24) is 0 Å². The van der Waals surface area contributed by atoms with Gasteiger partial charge in [-0.15, -0.1) is 0 Å². The second-order valence-electron chi connectivity index (χ2n) is 4.35. The molecule has 0 aromatic heterocycles. The van der Waals surface area contributed by atoms with Gasteiger partial charge >= 0.3 is 0 Å². The van der Waals surface area contributed by atoms with Crippen molar-refractivity contribution in [3.05, 3.63) is 12.2 Å². The fourth-order valence-electron chi connectivity index (χ4n) is 1.83. The van der Waals surface area contributed by atoms with Crippen molar-refractivity contribution in [1.29, 1.82) is 0 Å². The summed E-state index contributed by atoms with van der Waals surface area (Å²) in [5, 5.41) is 8.63. The Morgan fingerprint density at radius 1 is 1.36 bits per heavy atom. The normalized spacial score (nSPS) is 14.9. The van der Waals surface area contributed by atoms with Crippen LogP contribution in [0.3, 0.4) is 0 Å². The second kappa shape index (κ2) is 7.02. The van der Waals surface area contributed by atoms with Crippen LogP contribution in [-0.2, 0) is 4.74 Å². The Labute approximate surface area is 88.0 Å². The maximum Gasteiger partial charge on any atom is 0.0656 e. The molecule has 1 unspecified atom stereocenters. The van der Waals surface area contributed by atoms with Crippen LogP contribution in [0.5, 0.6) is 0 Å². The van der Waals surface area contributed by atoms with Gasteiger partial charge in [0, 0.05) is 7.11 Å². The molecule has 0 fully saturated rings. The summed E-state index contributed by atoms with van der Waals surface area (Å²) in [4.78, 5) is 0. The number of hydrogen-bond donors (Lipinski definition) is 1. The van der Waals surface area contributed by atoms with Gasteiger partial charge in [-0.3, -0.25) is 0 Å². The van der Waals surface area contributed by atoms with E-state index < -0.39 is 0 Å². The quantitative estimate of drug-likeness (QED) is 0.640. The van der Waals surface area contributed by atoms with Crippen LogP contribution in [0, 0.1) is 5.41 Å². The van der Waals surface area contributed by atoms with Crippen LogP contribution in [0.2, 0.25) is 0 Å². The highest BCUT2D eigenvalue weighted by Crippen LogP contribution is 2.30. The standard InChI is InChI=1S/C12H24O2/c1-5-9-12(2,3)11(14-4)8-6-7-10-13/h6-7,11,13H,5,8-10H2,1-4H3. The zero-order valence-electron chi connectivity index (χ0n) is 9.92. The first-order chi connectivity index (χ1) is 6.58. The molecule has 84 valence electrons. The molecule has 0 aliphatic heterocycles. The van der Waals surface area contributed by atoms with Crippen molar-refractivity contribution in [2.45, 2.75) is 46.1 Å². The first-order valence-corrected chi connectivity index (χ1v) is 5.37. The summed E-state index contributed by atoms with van der Waals surface area (Å²) in [6, 6.07) is 0. The maximum atomic E-state index is 8.63. The van der Waals surface area contributed by atoms with Crippen LogP contribution in [0.4, 0.5) is 0 Å². The molecule has 0 heterocycles. The minimum atomic E-state index is 0.116. The van der Waals surface area contributed by atoms with Gasteiger partial charge in [0.05, 0.1) is 12.7 Å². The highest BCUT2D eigenvalue weighted by Gasteiger charge is 2.27. The van der Waals surface area contributed by atoms with Gasteiger partial charge in [0.1, 0.15) is 0 Å². The first-order valence-electron chi connectivity index (χ1n) is 5.37. The van der Waals surface area contributed by atoms with Gasteiger partial charge in [-0.2, -0.15) is 0 Å². The molecule has 2 heteroatoms. The molecule has 1 atom stereocenters. The number of rotatable bonds is 7. The Bertz CT molecular complexity index is 162. The molecule has 0 saturated carbocycles. The fraction of sp³-hybridized carbons (Fsp3) is 0.833. The summed E-state index contributed by atoms with van der Waals surface area (Å²) < 4.78 is 5.48. The lowest BCUT2D eigenvalue weighted by molar-refractivity contribution is 0.00420. The smallest absolute Gasteiger partial charge is 0.0656 e. The molecule has 2 nitrogen and oxygen atoms in total. The fourth-order valence-corrected chi connectivity index (χ4v) is 1.83. The van der Waals surface area contributed by atoms with Crippen LogP contribution >= 0.6 is 0 Å². The largest absolute Gasteiger partial charge is 0.392 e. The molecule has 0 radical (unpaired) electrons. The van der Waals surface area contributed by atoms with Crippen molar-refractivity contribution in [3.63, 3.8) is 0 Å². The zero-order valence-corrected chi connectivity index (χ0v) is 9.92. The highest BCUT2D eigenvalue weighted by atomic mass is 16.5. The van der Waals surface area contributed by atoms with E-state index in [1.54, 1.807) is 13.2 Å². The van der Waals surface area contributed by atoms with Crippen molar-refractivity contribution in [3.8, 4) is 0 Å². The van der Waals surface area contributed by atoms with Crippen LogP contribution in [0.1, 0.15) is 40.0 Å². The minimum absolute atomic E-state index is 0.116. The second-order valence-corrected chi connectivity index (χ2v) is 4.35. The molecule has 0 rings (SSSR count). The van der Waals surface area contributed by atoms with Crippen molar-refractivity contribution < 1.29 is 9.84 Å². The first kappa shape index (κ1) is 13.7. The number of aliphatic hydroxyl groups is 1.